The van der Waals surface area contributed by atoms with Crippen LogP contribution in [-0.4, -0.2) is 33.3 Å². The maximum atomic E-state index is 12.4. The van der Waals surface area contributed by atoms with Crippen LogP contribution in [0.5, 0.6) is 0 Å². The predicted molar refractivity (Wildman–Crippen MR) is 111 cm³/mol. The third kappa shape index (κ3) is 5.10. The van der Waals surface area contributed by atoms with E-state index in [-0.39, 0.29) is 12.3 Å². The molecule has 0 radical (unpaired) electrons. The van der Waals surface area contributed by atoms with Crippen LogP contribution in [-0.2, 0) is 17.6 Å². The van der Waals surface area contributed by atoms with Crippen LogP contribution >= 0.6 is 0 Å². The molecule has 1 amide bonds. The van der Waals surface area contributed by atoms with Crippen molar-refractivity contribution in [3.05, 3.63) is 82.7 Å². The highest BCUT2D eigenvalue weighted by Crippen LogP contribution is 2.20. The van der Waals surface area contributed by atoms with Crippen LogP contribution in [0.1, 0.15) is 39.3 Å². The number of amides is 1. The first-order valence-electron chi connectivity index (χ1n) is 9.65. The van der Waals surface area contributed by atoms with E-state index >= 15 is 0 Å². The molecule has 6 nitrogen and oxygen atoms in total. The molecule has 0 saturated heterocycles. The van der Waals surface area contributed by atoms with Gasteiger partial charge in [-0.15, -0.1) is 0 Å². The van der Waals surface area contributed by atoms with Crippen molar-refractivity contribution in [3.8, 4) is 5.69 Å². The summed E-state index contributed by atoms with van der Waals surface area (Å²) in [6.07, 6.45) is 1.32. The van der Waals surface area contributed by atoms with Gasteiger partial charge >= 0.3 is 5.97 Å². The van der Waals surface area contributed by atoms with E-state index in [9.17, 15) is 9.59 Å². The standard InChI is InChI=1S/C23H25N3O3/c1-16-21(12-13-22(27)28)17(2)26(25-16)20-10-8-19(9-11-20)23(29)24-15-14-18-6-4-3-5-7-18/h3-11H,12-15H2,1-2H3,(H,24,29)(H,27,28). The molecular weight excluding hydrogens is 366 g/mol. The highest BCUT2D eigenvalue weighted by atomic mass is 16.4. The van der Waals surface area contributed by atoms with Gasteiger partial charge in [0.25, 0.3) is 5.91 Å². The lowest BCUT2D eigenvalue weighted by Gasteiger charge is -2.08. The SMILES string of the molecule is Cc1nn(-c2ccc(C(=O)NCCc3ccccc3)cc2)c(C)c1CCC(=O)O. The van der Waals surface area contributed by atoms with E-state index in [0.29, 0.717) is 18.5 Å². The number of hydrogen-bond donors (Lipinski definition) is 2. The first-order chi connectivity index (χ1) is 14.0. The number of carboxylic acids is 1. The molecule has 0 saturated carbocycles. The van der Waals surface area contributed by atoms with Gasteiger partial charge in [0.2, 0.25) is 0 Å². The molecular formula is C23H25N3O3. The third-order valence-electron chi connectivity index (χ3n) is 4.95. The minimum Gasteiger partial charge on any atom is -0.481 e. The zero-order valence-electron chi connectivity index (χ0n) is 16.7. The Labute approximate surface area is 170 Å². The zero-order chi connectivity index (χ0) is 20.8. The van der Waals surface area contributed by atoms with E-state index in [1.807, 2.05) is 56.3 Å². The average Bonchev–Trinajstić information content (AvgIpc) is 3.00. The number of carbonyl (C=O) groups excluding carboxylic acids is 1. The second kappa shape index (κ2) is 9.19. The molecule has 2 N–H and O–H groups in total. The molecule has 0 unspecified atom stereocenters. The Kier molecular flexibility index (Phi) is 6.44. The van der Waals surface area contributed by atoms with Gasteiger partial charge in [-0.25, -0.2) is 4.68 Å². The molecule has 150 valence electrons. The molecule has 1 heterocycles. The molecule has 0 atom stereocenters. The molecule has 0 bridgehead atoms. The van der Waals surface area contributed by atoms with Crippen LogP contribution in [0.3, 0.4) is 0 Å². The van der Waals surface area contributed by atoms with Gasteiger partial charge in [0.05, 0.1) is 11.4 Å². The van der Waals surface area contributed by atoms with Crippen molar-refractivity contribution >= 4 is 11.9 Å². The number of nitrogens with zero attached hydrogens (tertiary/aromatic N) is 2. The first kappa shape index (κ1) is 20.3. The fraction of sp³-hybridized carbons (Fsp3) is 0.261. The number of nitrogens with one attached hydrogen (secondary N) is 1. The van der Waals surface area contributed by atoms with Crippen LogP contribution in [0.2, 0.25) is 0 Å². The van der Waals surface area contributed by atoms with Gasteiger partial charge in [0.1, 0.15) is 0 Å². The summed E-state index contributed by atoms with van der Waals surface area (Å²) < 4.78 is 1.80. The Bertz CT molecular complexity index is 992. The number of benzene rings is 2. The minimum absolute atomic E-state index is 0.0788. The lowest BCUT2D eigenvalue weighted by Crippen LogP contribution is -2.25. The molecule has 0 spiro atoms. The maximum absolute atomic E-state index is 12.4. The second-order valence-electron chi connectivity index (χ2n) is 6.99. The normalized spacial score (nSPS) is 10.7. The summed E-state index contributed by atoms with van der Waals surface area (Å²) in [4.78, 5) is 23.2. The molecule has 0 aliphatic carbocycles. The van der Waals surface area contributed by atoms with Crippen LogP contribution in [0.15, 0.2) is 54.6 Å². The third-order valence-corrected chi connectivity index (χ3v) is 4.95. The summed E-state index contributed by atoms with van der Waals surface area (Å²) in [5, 5.41) is 16.4. The number of aromatic nitrogens is 2. The van der Waals surface area contributed by atoms with Crippen molar-refractivity contribution in [2.75, 3.05) is 6.54 Å². The Hall–Kier alpha value is -3.41. The summed E-state index contributed by atoms with van der Waals surface area (Å²) in [7, 11) is 0. The Morgan fingerprint density at radius 2 is 1.69 bits per heavy atom. The van der Waals surface area contributed by atoms with Crippen LogP contribution in [0.25, 0.3) is 5.69 Å². The summed E-state index contributed by atoms with van der Waals surface area (Å²) >= 11 is 0. The minimum atomic E-state index is -0.820. The summed E-state index contributed by atoms with van der Waals surface area (Å²) in [5.41, 5.74) is 5.32. The molecule has 0 fully saturated rings. The van der Waals surface area contributed by atoms with Crippen molar-refractivity contribution < 1.29 is 14.7 Å². The molecule has 1 aromatic heterocycles. The van der Waals surface area contributed by atoms with Gasteiger partial charge in [0.15, 0.2) is 0 Å². The zero-order valence-corrected chi connectivity index (χ0v) is 16.7. The quantitative estimate of drug-likeness (QED) is 0.616. The van der Waals surface area contributed by atoms with E-state index in [2.05, 4.69) is 10.4 Å². The van der Waals surface area contributed by atoms with E-state index in [1.54, 1.807) is 16.8 Å². The fourth-order valence-electron chi connectivity index (χ4n) is 3.34. The van der Waals surface area contributed by atoms with E-state index in [0.717, 1.165) is 29.1 Å². The summed E-state index contributed by atoms with van der Waals surface area (Å²) in [5.74, 6) is -0.929. The highest BCUT2D eigenvalue weighted by Gasteiger charge is 2.14. The molecule has 0 aliphatic rings. The smallest absolute Gasteiger partial charge is 0.303 e. The lowest BCUT2D eigenvalue weighted by atomic mass is 10.1. The van der Waals surface area contributed by atoms with Gasteiger partial charge in [-0.1, -0.05) is 30.3 Å². The summed E-state index contributed by atoms with van der Waals surface area (Å²) in [6, 6.07) is 17.3. The van der Waals surface area contributed by atoms with Gasteiger partial charge in [0, 0.05) is 24.2 Å². The molecule has 6 heteroatoms. The Balaban J connectivity index is 1.64. The van der Waals surface area contributed by atoms with Crippen molar-refractivity contribution in [2.45, 2.75) is 33.1 Å². The first-order valence-corrected chi connectivity index (χ1v) is 9.65. The van der Waals surface area contributed by atoms with Crippen LogP contribution in [0.4, 0.5) is 0 Å². The fourth-order valence-corrected chi connectivity index (χ4v) is 3.34. The van der Waals surface area contributed by atoms with Gasteiger partial charge in [-0.05, 0) is 62.1 Å². The largest absolute Gasteiger partial charge is 0.481 e. The van der Waals surface area contributed by atoms with Crippen LogP contribution in [0, 0.1) is 13.8 Å². The van der Waals surface area contributed by atoms with Crippen LogP contribution < -0.4 is 5.32 Å². The number of rotatable bonds is 8. The predicted octanol–water partition coefficient (Wildman–Crippen LogP) is 3.48. The Morgan fingerprint density at radius 1 is 1.00 bits per heavy atom. The van der Waals surface area contributed by atoms with Gasteiger partial charge < -0.3 is 10.4 Å². The number of hydrogen-bond acceptors (Lipinski definition) is 3. The van der Waals surface area contributed by atoms with E-state index in [4.69, 9.17) is 5.11 Å². The van der Waals surface area contributed by atoms with Crippen molar-refractivity contribution in [1.82, 2.24) is 15.1 Å². The second-order valence-corrected chi connectivity index (χ2v) is 6.99. The van der Waals surface area contributed by atoms with Gasteiger partial charge in [-0.2, -0.15) is 5.10 Å². The van der Waals surface area contributed by atoms with E-state index in [1.165, 1.54) is 5.56 Å². The number of aliphatic carboxylic acids is 1. The molecule has 2 aromatic carbocycles. The average molecular weight is 391 g/mol. The molecule has 0 aliphatic heterocycles. The maximum Gasteiger partial charge on any atom is 0.303 e. The summed E-state index contributed by atoms with van der Waals surface area (Å²) in [6.45, 7) is 4.39. The number of aryl methyl sites for hydroxylation is 1. The topological polar surface area (TPSA) is 84.2 Å². The van der Waals surface area contributed by atoms with Gasteiger partial charge in [-0.3, -0.25) is 9.59 Å². The number of carbonyl (C=O) groups is 2. The lowest BCUT2D eigenvalue weighted by molar-refractivity contribution is -0.136. The number of carboxylic acid groups (broad SMARTS) is 1. The molecule has 29 heavy (non-hydrogen) atoms. The highest BCUT2D eigenvalue weighted by molar-refractivity contribution is 5.94. The van der Waals surface area contributed by atoms with Crippen molar-refractivity contribution in [2.24, 2.45) is 0 Å². The van der Waals surface area contributed by atoms with Crippen molar-refractivity contribution in [1.29, 1.82) is 0 Å². The Morgan fingerprint density at radius 3 is 2.34 bits per heavy atom. The van der Waals surface area contributed by atoms with E-state index < -0.39 is 5.97 Å². The molecule has 3 aromatic rings. The van der Waals surface area contributed by atoms with Crippen molar-refractivity contribution in [3.63, 3.8) is 0 Å². The molecule has 3 rings (SSSR count). The monoisotopic (exact) mass is 391 g/mol.